The van der Waals surface area contributed by atoms with Crippen molar-refractivity contribution in [2.24, 2.45) is 0 Å². The molecule has 6 aromatic rings. The van der Waals surface area contributed by atoms with Gasteiger partial charge in [0.05, 0.1) is 44.1 Å². The summed E-state index contributed by atoms with van der Waals surface area (Å²) in [6.45, 7) is 1.49. The molecule has 2 aliphatic rings. The fraction of sp³-hybridized carbons (Fsp3) is 0.217. The van der Waals surface area contributed by atoms with Crippen molar-refractivity contribution in [3.8, 4) is 0 Å². The number of amides is 2. The number of ether oxygens (including phenoxy) is 5. The fourth-order valence-electron chi connectivity index (χ4n) is 7.23. The maximum atomic E-state index is 13.0. The lowest BCUT2D eigenvalue weighted by atomic mass is 9.96. The van der Waals surface area contributed by atoms with E-state index in [9.17, 15) is 9.59 Å². The van der Waals surface area contributed by atoms with Gasteiger partial charge >= 0.3 is 0 Å². The molecule has 2 aliphatic heterocycles. The molecule has 1 saturated heterocycles. The van der Waals surface area contributed by atoms with Crippen molar-refractivity contribution in [1.29, 1.82) is 0 Å². The fourth-order valence-corrected chi connectivity index (χ4v) is 7.23. The van der Waals surface area contributed by atoms with Crippen LogP contribution < -0.4 is 5.32 Å². The predicted octanol–water partition coefficient (Wildman–Crippen LogP) is 7.55. The van der Waals surface area contributed by atoms with Crippen LogP contribution in [0.4, 0.5) is 0 Å². The minimum absolute atomic E-state index is 0.204. The zero-order valence-electron chi connectivity index (χ0n) is 30.2. The van der Waals surface area contributed by atoms with E-state index in [1.807, 2.05) is 156 Å². The van der Waals surface area contributed by atoms with Gasteiger partial charge < -0.3 is 28.3 Å². The summed E-state index contributed by atoms with van der Waals surface area (Å²) in [6, 6.07) is 47.8. The Kier molecular flexibility index (Phi) is 11.4. The van der Waals surface area contributed by atoms with Gasteiger partial charge in [0.2, 0.25) is 0 Å². The maximum Gasteiger partial charge on any atom is 0.258 e. The monoisotopic (exact) mass is 734 g/mol. The first-order valence-corrected chi connectivity index (χ1v) is 18.5. The van der Waals surface area contributed by atoms with Gasteiger partial charge in [-0.25, -0.2) is 0 Å². The molecule has 0 bridgehead atoms. The molecule has 0 aliphatic carbocycles. The molecule has 0 radical (unpaired) electrons. The lowest BCUT2D eigenvalue weighted by Gasteiger charge is -2.46. The number of nitrogens with zero attached hydrogens (tertiary/aromatic N) is 1. The van der Waals surface area contributed by atoms with E-state index in [0.717, 1.165) is 33.2 Å². The molecule has 0 saturated carbocycles. The summed E-state index contributed by atoms with van der Waals surface area (Å²) in [5, 5.41) is 3.19. The number of rotatable bonds is 15. The van der Waals surface area contributed by atoms with Crippen LogP contribution in [0.5, 0.6) is 0 Å². The van der Waals surface area contributed by atoms with Crippen molar-refractivity contribution in [2.45, 2.75) is 57.1 Å². The Morgan fingerprint density at radius 2 is 1.05 bits per heavy atom. The lowest BCUT2D eigenvalue weighted by molar-refractivity contribution is -0.289. The zero-order chi connectivity index (χ0) is 37.4. The Morgan fingerprint density at radius 3 is 1.60 bits per heavy atom. The summed E-state index contributed by atoms with van der Waals surface area (Å²) in [6.07, 6.45) is -0.0956. The first-order valence-electron chi connectivity index (χ1n) is 18.5. The molecule has 0 spiro atoms. The van der Waals surface area contributed by atoms with Crippen LogP contribution in [0.1, 0.15) is 34.0 Å². The van der Waals surface area contributed by atoms with Gasteiger partial charge in [-0.15, -0.1) is 0 Å². The highest BCUT2D eigenvalue weighted by molar-refractivity contribution is 6.35. The standard InChI is InChI=1S/C46H42N2O7/c49-41-25-37(45(50)47-41)38-26-48(39-24-14-13-23-36(38)39)46-44(54-30-35-21-11-4-12-22-35)43(53-29-34-19-9-3-10-20-34)42(52-28-33-17-7-2-8-18-33)40(55-46)31-51-27-32-15-5-1-6-16-32/h1-26,40,42-44,46H,27-31H2,(H,47,49,50)/t40-,42-,43+,44-,46?/m1/s1. The van der Waals surface area contributed by atoms with E-state index in [1.165, 1.54) is 6.08 Å². The molecule has 1 fully saturated rings. The molecule has 1 aromatic heterocycles. The molecular formula is C46H42N2O7. The van der Waals surface area contributed by atoms with Crippen LogP contribution in [0.15, 0.2) is 158 Å². The molecular weight excluding hydrogens is 693 g/mol. The summed E-state index contributed by atoms with van der Waals surface area (Å²) >= 11 is 0. The molecule has 1 N–H and O–H groups in total. The highest BCUT2D eigenvalue weighted by Crippen LogP contribution is 2.40. The van der Waals surface area contributed by atoms with E-state index < -0.39 is 42.5 Å². The number of benzene rings is 5. The number of imide groups is 1. The SMILES string of the molecule is O=C1C=C(c2cn(C3O[C@H](COCc4ccccc4)[C@@H](OCc4ccccc4)[C@H](OCc4ccccc4)[C@H]3OCc3ccccc3)c3ccccc23)C(=O)N1. The van der Waals surface area contributed by atoms with Crippen LogP contribution in [-0.4, -0.2) is 47.4 Å². The van der Waals surface area contributed by atoms with Crippen molar-refractivity contribution in [3.05, 3.63) is 186 Å². The van der Waals surface area contributed by atoms with E-state index in [-0.39, 0.29) is 13.2 Å². The third-order valence-electron chi connectivity index (χ3n) is 9.92. The molecule has 55 heavy (non-hydrogen) atoms. The number of aromatic nitrogens is 1. The number of fused-ring (bicyclic) bond motifs is 1. The van der Waals surface area contributed by atoms with Gasteiger partial charge in [0.25, 0.3) is 11.8 Å². The average Bonchev–Trinajstić information content (AvgIpc) is 3.78. The number of nitrogens with one attached hydrogen (secondary N) is 1. The van der Waals surface area contributed by atoms with Crippen molar-refractivity contribution in [1.82, 2.24) is 9.88 Å². The van der Waals surface area contributed by atoms with Crippen LogP contribution in [0.3, 0.4) is 0 Å². The molecule has 2 amide bonds. The minimum atomic E-state index is -0.759. The van der Waals surface area contributed by atoms with E-state index in [4.69, 9.17) is 23.7 Å². The van der Waals surface area contributed by atoms with Crippen molar-refractivity contribution in [2.75, 3.05) is 6.61 Å². The summed E-state index contributed by atoms with van der Waals surface area (Å²) in [5.41, 5.74) is 5.75. The normalized spacial score (nSPS) is 21.1. The van der Waals surface area contributed by atoms with Gasteiger partial charge in [-0.2, -0.15) is 0 Å². The highest BCUT2D eigenvalue weighted by atomic mass is 16.6. The molecule has 278 valence electrons. The van der Waals surface area contributed by atoms with Crippen LogP contribution in [0.2, 0.25) is 0 Å². The topological polar surface area (TPSA) is 97.2 Å². The van der Waals surface area contributed by atoms with Gasteiger partial charge in [-0.3, -0.25) is 14.9 Å². The number of para-hydroxylation sites is 1. The second-order valence-corrected chi connectivity index (χ2v) is 13.7. The molecule has 9 heteroatoms. The van der Waals surface area contributed by atoms with Crippen LogP contribution in [0, 0.1) is 0 Å². The number of carbonyl (C=O) groups is 2. The smallest absolute Gasteiger partial charge is 0.258 e. The molecule has 3 heterocycles. The van der Waals surface area contributed by atoms with Gasteiger partial charge in [0, 0.05) is 23.2 Å². The molecule has 1 unspecified atom stereocenters. The van der Waals surface area contributed by atoms with Gasteiger partial charge in [-0.1, -0.05) is 140 Å². The third-order valence-corrected chi connectivity index (χ3v) is 9.92. The van der Waals surface area contributed by atoms with E-state index in [0.29, 0.717) is 31.0 Å². The molecule has 8 rings (SSSR count). The Labute approximate surface area is 320 Å². The van der Waals surface area contributed by atoms with E-state index >= 15 is 0 Å². The van der Waals surface area contributed by atoms with E-state index in [2.05, 4.69) is 5.32 Å². The van der Waals surface area contributed by atoms with Crippen LogP contribution in [0.25, 0.3) is 16.5 Å². The van der Waals surface area contributed by atoms with Crippen LogP contribution in [-0.2, 0) is 59.7 Å². The molecule has 5 atom stereocenters. The predicted molar refractivity (Wildman–Crippen MR) is 208 cm³/mol. The summed E-state index contributed by atoms with van der Waals surface area (Å²) in [7, 11) is 0. The Hall–Kier alpha value is -5.68. The highest BCUT2D eigenvalue weighted by Gasteiger charge is 2.49. The summed E-state index contributed by atoms with van der Waals surface area (Å²) in [5.74, 6) is -0.891. The Balaban J connectivity index is 1.22. The Bertz CT molecular complexity index is 2220. The summed E-state index contributed by atoms with van der Waals surface area (Å²) < 4.78 is 36.2. The molecule has 5 aromatic carbocycles. The van der Waals surface area contributed by atoms with Gasteiger partial charge in [0.1, 0.15) is 24.4 Å². The zero-order valence-corrected chi connectivity index (χ0v) is 30.2. The first kappa shape index (κ1) is 36.3. The van der Waals surface area contributed by atoms with Crippen molar-refractivity contribution in [3.63, 3.8) is 0 Å². The quantitative estimate of drug-likeness (QED) is 0.109. The number of hydrogen-bond donors (Lipinski definition) is 1. The largest absolute Gasteiger partial charge is 0.374 e. The van der Waals surface area contributed by atoms with Gasteiger partial charge in [-0.05, 0) is 28.3 Å². The first-order chi connectivity index (χ1) is 27.1. The third kappa shape index (κ3) is 8.52. The second kappa shape index (κ2) is 17.2. The molecule has 9 nitrogen and oxygen atoms in total. The van der Waals surface area contributed by atoms with Crippen molar-refractivity contribution < 1.29 is 33.3 Å². The lowest BCUT2D eigenvalue weighted by Crippen LogP contribution is -2.59. The average molecular weight is 735 g/mol. The van der Waals surface area contributed by atoms with Crippen LogP contribution >= 0.6 is 0 Å². The Morgan fingerprint density at radius 1 is 0.564 bits per heavy atom. The second-order valence-electron chi connectivity index (χ2n) is 13.7. The number of hydrogen-bond acceptors (Lipinski definition) is 7. The van der Waals surface area contributed by atoms with Crippen molar-refractivity contribution >= 4 is 28.3 Å². The summed E-state index contributed by atoms with van der Waals surface area (Å²) in [4.78, 5) is 25.3. The van der Waals surface area contributed by atoms with Gasteiger partial charge in [0.15, 0.2) is 6.23 Å². The van der Waals surface area contributed by atoms with E-state index in [1.54, 1.807) is 0 Å². The number of carbonyl (C=O) groups excluding carboxylic acids is 2. The minimum Gasteiger partial charge on any atom is -0.374 e. The maximum absolute atomic E-state index is 13.0.